The van der Waals surface area contributed by atoms with E-state index in [-0.39, 0.29) is 25.2 Å². The van der Waals surface area contributed by atoms with Crippen molar-refractivity contribution in [3.63, 3.8) is 0 Å². The fraction of sp³-hybridized carbons (Fsp3) is 0.462. The number of primary amides is 1. The molecule has 0 atom stereocenters. The number of ether oxygens (including phenoxy) is 3. The molecule has 19 heavy (non-hydrogen) atoms. The zero-order valence-electron chi connectivity index (χ0n) is 11.2. The van der Waals surface area contributed by atoms with Crippen LogP contribution in [0.5, 0.6) is 5.75 Å². The number of anilines is 1. The van der Waals surface area contributed by atoms with Crippen LogP contribution in [0.25, 0.3) is 0 Å². The Hall–Kier alpha value is -1.79. The molecule has 0 aromatic heterocycles. The summed E-state index contributed by atoms with van der Waals surface area (Å²) >= 11 is 0. The summed E-state index contributed by atoms with van der Waals surface area (Å²) in [6.07, 6.45) is -0.147. The van der Waals surface area contributed by atoms with E-state index in [1.807, 2.05) is 24.3 Å². The van der Waals surface area contributed by atoms with Gasteiger partial charge >= 0.3 is 0 Å². The summed E-state index contributed by atoms with van der Waals surface area (Å²) in [4.78, 5) is 10.7. The Kier molecular flexibility index (Phi) is 6.70. The minimum absolute atomic E-state index is 0.188. The number of para-hydroxylation sites is 2. The van der Waals surface area contributed by atoms with Gasteiger partial charge in [-0.1, -0.05) is 12.1 Å². The summed E-state index contributed by atoms with van der Waals surface area (Å²) in [7, 11) is 3.15. The zero-order chi connectivity index (χ0) is 14.1. The van der Waals surface area contributed by atoms with Crippen LogP contribution >= 0.6 is 0 Å². The van der Waals surface area contributed by atoms with E-state index < -0.39 is 0 Å². The van der Waals surface area contributed by atoms with Crippen molar-refractivity contribution in [1.29, 1.82) is 0 Å². The first kappa shape index (κ1) is 15.3. The Labute approximate surface area is 112 Å². The van der Waals surface area contributed by atoms with Crippen LogP contribution in [-0.4, -0.2) is 39.6 Å². The van der Waals surface area contributed by atoms with Gasteiger partial charge in [0.2, 0.25) is 5.91 Å². The van der Waals surface area contributed by atoms with E-state index in [1.54, 1.807) is 14.2 Å². The lowest BCUT2D eigenvalue weighted by molar-refractivity contribution is -0.118. The van der Waals surface area contributed by atoms with Crippen molar-refractivity contribution in [3.05, 3.63) is 24.3 Å². The zero-order valence-corrected chi connectivity index (χ0v) is 11.2. The number of methoxy groups -OCH3 is 2. The predicted molar refractivity (Wildman–Crippen MR) is 72.0 cm³/mol. The summed E-state index contributed by atoms with van der Waals surface area (Å²) < 4.78 is 15.7. The van der Waals surface area contributed by atoms with Gasteiger partial charge in [0, 0.05) is 14.2 Å². The van der Waals surface area contributed by atoms with Gasteiger partial charge in [0.15, 0.2) is 6.29 Å². The topological polar surface area (TPSA) is 82.8 Å². The Balaban J connectivity index is 2.54. The third-order valence-corrected chi connectivity index (χ3v) is 2.48. The molecule has 1 aromatic rings. The van der Waals surface area contributed by atoms with Crippen molar-refractivity contribution in [2.75, 3.05) is 32.7 Å². The lowest BCUT2D eigenvalue weighted by atomic mass is 10.3. The standard InChI is InChI=1S/C13H20N2O4/c1-17-13(18-2)9-15-10-5-3-4-6-11(10)19-8-7-12(14)16/h3-6,13,15H,7-9H2,1-2H3,(H2,14,16). The Morgan fingerprint density at radius 1 is 1.32 bits per heavy atom. The highest BCUT2D eigenvalue weighted by Gasteiger charge is 2.07. The molecule has 106 valence electrons. The van der Waals surface area contributed by atoms with E-state index in [2.05, 4.69) is 5.32 Å². The van der Waals surface area contributed by atoms with Gasteiger partial charge in [0.25, 0.3) is 0 Å². The van der Waals surface area contributed by atoms with E-state index in [1.165, 1.54) is 0 Å². The summed E-state index contributed by atoms with van der Waals surface area (Å²) in [5, 5.41) is 3.16. The number of benzene rings is 1. The molecule has 1 rings (SSSR count). The molecular weight excluding hydrogens is 248 g/mol. The second-order valence-corrected chi connectivity index (χ2v) is 3.84. The van der Waals surface area contributed by atoms with E-state index in [0.29, 0.717) is 12.3 Å². The molecule has 0 spiro atoms. The molecule has 3 N–H and O–H groups in total. The average molecular weight is 268 g/mol. The van der Waals surface area contributed by atoms with Crippen LogP contribution in [0.2, 0.25) is 0 Å². The number of carbonyl (C=O) groups excluding carboxylic acids is 1. The number of hydrogen-bond acceptors (Lipinski definition) is 5. The van der Waals surface area contributed by atoms with Crippen molar-refractivity contribution in [2.24, 2.45) is 5.73 Å². The van der Waals surface area contributed by atoms with Crippen molar-refractivity contribution < 1.29 is 19.0 Å². The maximum absolute atomic E-state index is 10.7. The number of nitrogens with two attached hydrogens (primary N) is 1. The lowest BCUT2D eigenvalue weighted by Crippen LogP contribution is -2.24. The normalized spacial score (nSPS) is 10.5. The van der Waals surface area contributed by atoms with Crippen LogP contribution in [0.1, 0.15) is 6.42 Å². The van der Waals surface area contributed by atoms with Gasteiger partial charge in [-0.3, -0.25) is 4.79 Å². The minimum atomic E-state index is -0.385. The third kappa shape index (κ3) is 5.58. The molecule has 0 fully saturated rings. The molecule has 0 saturated heterocycles. The van der Waals surface area contributed by atoms with Crippen LogP contribution in [0, 0.1) is 0 Å². The monoisotopic (exact) mass is 268 g/mol. The maximum Gasteiger partial charge on any atom is 0.220 e. The molecule has 0 aliphatic rings. The molecule has 0 bridgehead atoms. The van der Waals surface area contributed by atoms with E-state index in [0.717, 1.165) is 5.69 Å². The van der Waals surface area contributed by atoms with Crippen molar-refractivity contribution in [2.45, 2.75) is 12.7 Å². The predicted octanol–water partition coefficient (Wildman–Crippen LogP) is 0.972. The van der Waals surface area contributed by atoms with E-state index in [4.69, 9.17) is 19.9 Å². The molecule has 0 aliphatic carbocycles. The minimum Gasteiger partial charge on any atom is -0.491 e. The molecular formula is C13H20N2O4. The third-order valence-electron chi connectivity index (χ3n) is 2.48. The van der Waals surface area contributed by atoms with Gasteiger partial charge in [-0.25, -0.2) is 0 Å². The highest BCUT2D eigenvalue weighted by molar-refractivity contribution is 5.73. The Morgan fingerprint density at radius 3 is 2.63 bits per heavy atom. The van der Waals surface area contributed by atoms with Crippen LogP contribution in [0.4, 0.5) is 5.69 Å². The molecule has 6 nitrogen and oxygen atoms in total. The maximum atomic E-state index is 10.7. The number of carbonyl (C=O) groups is 1. The van der Waals surface area contributed by atoms with E-state index in [9.17, 15) is 4.79 Å². The summed E-state index contributed by atoms with van der Waals surface area (Å²) in [5.74, 6) is 0.277. The molecule has 0 unspecified atom stereocenters. The van der Waals surface area contributed by atoms with Gasteiger partial charge in [-0.05, 0) is 12.1 Å². The molecule has 0 radical (unpaired) electrons. The van der Waals surface area contributed by atoms with Crippen molar-refractivity contribution in [1.82, 2.24) is 0 Å². The molecule has 0 heterocycles. The smallest absolute Gasteiger partial charge is 0.220 e. The summed E-state index contributed by atoms with van der Waals surface area (Å²) in [5.41, 5.74) is 5.87. The highest BCUT2D eigenvalue weighted by Crippen LogP contribution is 2.23. The molecule has 6 heteroatoms. The molecule has 0 saturated carbocycles. The molecule has 1 amide bonds. The van der Waals surface area contributed by atoms with Gasteiger partial charge in [0.05, 0.1) is 25.3 Å². The first-order chi connectivity index (χ1) is 9.17. The number of amides is 1. The van der Waals surface area contributed by atoms with Crippen LogP contribution in [0.3, 0.4) is 0 Å². The van der Waals surface area contributed by atoms with Crippen LogP contribution in [0.15, 0.2) is 24.3 Å². The Bertz CT molecular complexity index is 394. The first-order valence-electron chi connectivity index (χ1n) is 5.97. The fourth-order valence-corrected chi connectivity index (χ4v) is 1.46. The SMILES string of the molecule is COC(CNc1ccccc1OCCC(N)=O)OC. The van der Waals surface area contributed by atoms with Gasteiger partial charge < -0.3 is 25.3 Å². The highest BCUT2D eigenvalue weighted by atomic mass is 16.7. The molecule has 0 aliphatic heterocycles. The van der Waals surface area contributed by atoms with Crippen LogP contribution < -0.4 is 15.8 Å². The number of rotatable bonds is 9. The first-order valence-corrected chi connectivity index (χ1v) is 5.97. The number of hydrogen-bond donors (Lipinski definition) is 2. The summed E-state index contributed by atoms with van der Waals surface area (Å²) in [6.45, 7) is 0.745. The van der Waals surface area contributed by atoms with Gasteiger partial charge in [0.1, 0.15) is 5.75 Å². The lowest BCUT2D eigenvalue weighted by Gasteiger charge is -2.17. The number of nitrogens with one attached hydrogen (secondary N) is 1. The Morgan fingerprint density at radius 2 is 2.00 bits per heavy atom. The second-order valence-electron chi connectivity index (χ2n) is 3.84. The van der Waals surface area contributed by atoms with Gasteiger partial charge in [-0.15, -0.1) is 0 Å². The summed E-state index contributed by atoms with van der Waals surface area (Å²) in [6, 6.07) is 7.44. The second kappa shape index (κ2) is 8.34. The van der Waals surface area contributed by atoms with Gasteiger partial charge in [-0.2, -0.15) is 0 Å². The average Bonchev–Trinajstić information content (AvgIpc) is 2.41. The fourth-order valence-electron chi connectivity index (χ4n) is 1.46. The largest absolute Gasteiger partial charge is 0.491 e. The quantitative estimate of drug-likeness (QED) is 0.652. The van der Waals surface area contributed by atoms with Crippen LogP contribution in [-0.2, 0) is 14.3 Å². The van der Waals surface area contributed by atoms with E-state index >= 15 is 0 Å². The molecule has 1 aromatic carbocycles. The van der Waals surface area contributed by atoms with Crippen molar-refractivity contribution in [3.8, 4) is 5.75 Å². The van der Waals surface area contributed by atoms with Crippen molar-refractivity contribution >= 4 is 11.6 Å².